The van der Waals surface area contributed by atoms with Crippen molar-refractivity contribution >= 4 is 133 Å². The van der Waals surface area contributed by atoms with Crippen LogP contribution in [0.4, 0.5) is 48.3 Å². The lowest BCUT2D eigenvalue weighted by Gasteiger charge is -2.12. The molecule has 0 unspecified atom stereocenters. The SMILES string of the molecule is Fc1c(F)c(F)c(-c2ccc(-c3ccc4c(c3)nc(-c3ccccc3)c3ccc5nsnc5c34)cc2)c(F)c1F.N#Cc1c(F)c(F)c(F)c(F)c1-c1ccc(-c2ccc3c(c2)nc(-c2ccccc2)c2ccc4nsnc4c23)cc1.N#Cc1cc(-c2ccc(-c3ccc4c(c3)nc(-c3ccccc3)c3ccc5nsnc5c34)cc2)c(F)c(C#N)c1F. The summed E-state index contributed by atoms with van der Waals surface area (Å²) < 4.78 is 182. The second-order valence-electron chi connectivity index (χ2n) is 28.0. The molecule has 21 rings (SSSR count). The van der Waals surface area contributed by atoms with Gasteiger partial charge in [-0.2, -0.15) is 42.0 Å². The van der Waals surface area contributed by atoms with Crippen LogP contribution in [0.1, 0.15) is 16.7 Å². The molecule has 15 aromatic carbocycles. The molecule has 122 heavy (non-hydrogen) atoms. The molecule has 0 radical (unpaired) electrons. The normalized spacial score (nSPS) is 11.4. The van der Waals surface area contributed by atoms with Gasteiger partial charge in [-0.15, -0.1) is 0 Å². The number of halogens is 11. The Morgan fingerprint density at radius 2 is 0.525 bits per heavy atom. The van der Waals surface area contributed by atoms with Gasteiger partial charge < -0.3 is 0 Å². The number of hydrogen-bond acceptors (Lipinski definition) is 15. The molecule has 12 nitrogen and oxygen atoms in total. The second-order valence-corrected chi connectivity index (χ2v) is 29.6. The molecule has 21 aromatic rings. The van der Waals surface area contributed by atoms with Gasteiger partial charge in [-0.1, -0.05) is 200 Å². The highest BCUT2D eigenvalue weighted by Gasteiger charge is 2.30. The predicted molar refractivity (Wildman–Crippen MR) is 453 cm³/mol. The van der Waals surface area contributed by atoms with Crippen molar-refractivity contribution in [1.29, 1.82) is 15.8 Å². The summed E-state index contributed by atoms with van der Waals surface area (Å²) in [6.45, 7) is 0. The molecule has 0 aliphatic rings. The van der Waals surface area contributed by atoms with Crippen molar-refractivity contribution in [3.8, 4) is 119 Å². The Kier molecular flexibility index (Phi) is 19.5. The highest BCUT2D eigenvalue weighted by molar-refractivity contribution is 7.00. The zero-order valence-electron chi connectivity index (χ0n) is 62.1. The van der Waals surface area contributed by atoms with Crippen molar-refractivity contribution in [2.24, 2.45) is 0 Å². The topological polar surface area (TPSA) is 187 Å². The van der Waals surface area contributed by atoms with Crippen LogP contribution < -0.4 is 0 Å². The fourth-order valence-corrected chi connectivity index (χ4v) is 17.0. The standard InChI is InChI=1S/C33H15F2N5S.C32H14F4N4S.C31H14F5N3S/c34-30-22(16-36)14-25(31(35)26(30)17-37)19-8-6-18(7-9-19)21-10-11-23-28(15-21)38-32(20-4-2-1-3-5-20)24-12-13-27-33(29(23)24)40-41-39-27;33-27-22(15-37)25(28(34)30(36)29(27)35)17-8-6-16(7-9-17)19-10-11-20-24(14-19)38-31(18-4-2-1-3-5-18)21-12-13-23-32(26(20)21)40-41-39-23;32-25-23(26(33)28(35)29(36)27(25)34)16-8-6-15(7-9-16)18-10-11-19-22(14-18)37-30(17-4-2-1-3-5-17)20-12-13-21-31(24(19)20)39-40-38-21/h1-15H;1-14H;1-14H. The van der Waals surface area contributed by atoms with Crippen molar-refractivity contribution in [1.82, 2.24) is 41.2 Å². The Morgan fingerprint density at radius 3 is 0.877 bits per heavy atom. The average Bonchev–Trinajstić information content (AvgIpc) is 1.43. The molecular formula is C96H43F11N12S3. The van der Waals surface area contributed by atoms with Crippen LogP contribution in [0.5, 0.6) is 0 Å². The summed E-state index contributed by atoms with van der Waals surface area (Å²) in [6.07, 6.45) is 0. The number of benzene rings is 15. The maximum Gasteiger partial charge on any atom is 0.200 e. The minimum Gasteiger partial charge on any atom is -0.247 e. The maximum absolute atomic E-state index is 14.9. The lowest BCUT2D eigenvalue weighted by Crippen LogP contribution is -2.03. The van der Waals surface area contributed by atoms with Crippen molar-refractivity contribution in [2.45, 2.75) is 0 Å². The molecule has 0 saturated carbocycles. The van der Waals surface area contributed by atoms with Gasteiger partial charge in [0.05, 0.1) is 79.9 Å². The average molecular weight is 1670 g/mol. The first-order valence-electron chi connectivity index (χ1n) is 37.0. The predicted octanol–water partition coefficient (Wildman–Crippen LogP) is 26.3. The smallest absolute Gasteiger partial charge is 0.200 e. The zero-order valence-corrected chi connectivity index (χ0v) is 64.5. The summed E-state index contributed by atoms with van der Waals surface area (Å²) in [5.41, 5.74) is 13.7. The van der Waals surface area contributed by atoms with E-state index in [-0.39, 0.29) is 22.3 Å². The molecule has 0 aliphatic heterocycles. The Hall–Kier alpha value is -15.5. The van der Waals surface area contributed by atoms with Gasteiger partial charge in [0, 0.05) is 76.3 Å². The van der Waals surface area contributed by atoms with E-state index >= 15 is 0 Å². The molecule has 26 heteroatoms. The number of pyridine rings is 3. The van der Waals surface area contributed by atoms with Crippen LogP contribution in [0.15, 0.2) is 261 Å². The van der Waals surface area contributed by atoms with E-state index < -0.39 is 86.2 Å². The molecule has 6 heterocycles. The van der Waals surface area contributed by atoms with Crippen LogP contribution in [0.3, 0.4) is 0 Å². The van der Waals surface area contributed by atoms with Crippen LogP contribution in [0.2, 0.25) is 0 Å². The van der Waals surface area contributed by atoms with E-state index in [4.69, 9.17) is 15.0 Å². The van der Waals surface area contributed by atoms with Gasteiger partial charge in [0.15, 0.2) is 58.2 Å². The molecule has 6 aromatic heterocycles. The first kappa shape index (κ1) is 76.4. The van der Waals surface area contributed by atoms with E-state index in [9.17, 15) is 64.1 Å². The third kappa shape index (κ3) is 13.1. The molecule has 0 atom stereocenters. The van der Waals surface area contributed by atoms with Crippen LogP contribution in [-0.2, 0) is 0 Å². The zero-order chi connectivity index (χ0) is 83.9. The summed E-state index contributed by atoms with van der Waals surface area (Å²) in [7, 11) is 0. The number of fused-ring (bicyclic) bond motifs is 15. The Bertz CT molecular complexity index is 8030. The van der Waals surface area contributed by atoms with E-state index in [1.807, 2.05) is 194 Å². The van der Waals surface area contributed by atoms with E-state index in [2.05, 4.69) is 26.2 Å². The summed E-state index contributed by atoms with van der Waals surface area (Å²) in [5.74, 6) is -19.4. The fraction of sp³-hybridized carbons (Fsp3) is 0. The van der Waals surface area contributed by atoms with Gasteiger partial charge in [0.1, 0.15) is 62.4 Å². The van der Waals surface area contributed by atoms with E-state index in [0.717, 1.165) is 178 Å². The van der Waals surface area contributed by atoms with E-state index in [1.54, 1.807) is 42.5 Å². The van der Waals surface area contributed by atoms with Crippen LogP contribution in [-0.4, -0.2) is 41.2 Å². The third-order valence-electron chi connectivity index (χ3n) is 21.3. The minimum absolute atomic E-state index is 0.00825. The first-order chi connectivity index (χ1) is 59.4. The summed E-state index contributed by atoms with van der Waals surface area (Å²) in [6, 6.07) is 83.8. The van der Waals surface area contributed by atoms with Gasteiger partial charge in [-0.3, -0.25) is 0 Å². The van der Waals surface area contributed by atoms with Gasteiger partial charge >= 0.3 is 0 Å². The van der Waals surface area contributed by atoms with Crippen molar-refractivity contribution in [2.75, 3.05) is 0 Å². The minimum atomic E-state index is -2.19. The van der Waals surface area contributed by atoms with E-state index in [0.29, 0.717) is 22.2 Å². The first-order valence-corrected chi connectivity index (χ1v) is 39.2. The molecule has 0 fully saturated rings. The number of rotatable bonds is 9. The molecular weight excluding hydrogens is 1630 g/mol. The maximum atomic E-state index is 14.9. The number of nitrogens with zero attached hydrogens (tertiary/aromatic N) is 12. The highest BCUT2D eigenvalue weighted by atomic mass is 32.1. The van der Waals surface area contributed by atoms with Crippen molar-refractivity contribution < 1.29 is 48.3 Å². The lowest BCUT2D eigenvalue weighted by atomic mass is 9.94. The van der Waals surface area contributed by atoms with Gasteiger partial charge in [0.2, 0.25) is 5.82 Å². The lowest BCUT2D eigenvalue weighted by molar-refractivity contribution is 0.381. The van der Waals surface area contributed by atoms with Gasteiger partial charge in [-0.05, 0) is 111 Å². The fourth-order valence-electron chi connectivity index (χ4n) is 15.4. The van der Waals surface area contributed by atoms with Crippen LogP contribution >= 0.6 is 35.2 Å². The van der Waals surface area contributed by atoms with Crippen LogP contribution in [0.25, 0.3) is 199 Å². The summed E-state index contributed by atoms with van der Waals surface area (Å²) >= 11 is 3.47. The highest BCUT2D eigenvalue weighted by Crippen LogP contribution is 2.45. The second kappa shape index (κ2) is 31.1. The molecule has 0 aliphatic carbocycles. The molecule has 0 N–H and O–H groups in total. The van der Waals surface area contributed by atoms with Crippen LogP contribution in [0, 0.1) is 98.0 Å². The van der Waals surface area contributed by atoms with E-state index in [1.165, 1.54) is 48.1 Å². The molecule has 582 valence electrons. The molecule has 0 spiro atoms. The Morgan fingerprint density at radius 1 is 0.221 bits per heavy atom. The molecule has 0 saturated heterocycles. The summed E-state index contributed by atoms with van der Waals surface area (Å²) in [5, 5.41) is 36.3. The number of aromatic nitrogens is 9. The Balaban J connectivity index is 0.000000121. The quantitative estimate of drug-likeness (QED) is 0.0577. The molecule has 0 bridgehead atoms. The largest absolute Gasteiger partial charge is 0.247 e. The third-order valence-corrected chi connectivity index (χ3v) is 22.9. The Labute approximate surface area is 694 Å². The number of nitriles is 3. The van der Waals surface area contributed by atoms with Gasteiger partial charge in [0.25, 0.3) is 0 Å². The molecule has 0 amide bonds. The monoisotopic (exact) mass is 1670 g/mol. The number of hydrogen-bond donors (Lipinski definition) is 0. The van der Waals surface area contributed by atoms with Crippen molar-refractivity contribution in [3.63, 3.8) is 0 Å². The van der Waals surface area contributed by atoms with Gasteiger partial charge in [-0.25, -0.2) is 63.2 Å². The summed E-state index contributed by atoms with van der Waals surface area (Å²) in [4.78, 5) is 15.1. The van der Waals surface area contributed by atoms with Crippen molar-refractivity contribution in [3.05, 3.63) is 342 Å².